The van der Waals surface area contributed by atoms with Gasteiger partial charge in [-0.2, -0.15) is 0 Å². The maximum absolute atomic E-state index is 12.9. The summed E-state index contributed by atoms with van der Waals surface area (Å²) >= 11 is 0. The summed E-state index contributed by atoms with van der Waals surface area (Å²) < 4.78 is 17.0. The van der Waals surface area contributed by atoms with E-state index in [1.165, 1.54) is 315 Å². The minimum absolute atomic E-state index is 0.0720. The SMILES string of the molecule is CCCCCCCCC/C=C\CCCCCCCC(=O)OCC(COC(=O)CCCCCCCCCCCCCCCCCCCCCCCCCCCCCCCCCC)OC(=O)CCCCCCC/C=C\CCCCCCCCC. The quantitative estimate of drug-likeness (QED) is 0.0261. The van der Waals surface area contributed by atoms with E-state index in [-0.39, 0.29) is 31.1 Å². The van der Waals surface area contributed by atoms with Crippen LogP contribution < -0.4 is 0 Å². The normalized spacial score (nSPS) is 12.1. The predicted molar refractivity (Wildman–Crippen MR) is 358 cm³/mol. The molecule has 6 heteroatoms. The number of hydrogen-bond donors (Lipinski definition) is 0. The first kappa shape index (κ1) is 79.9. The van der Waals surface area contributed by atoms with Gasteiger partial charge in [0.2, 0.25) is 0 Å². The molecule has 0 aromatic heterocycles. The van der Waals surface area contributed by atoms with E-state index in [1.54, 1.807) is 0 Å². The molecule has 0 saturated carbocycles. The van der Waals surface area contributed by atoms with E-state index in [9.17, 15) is 14.4 Å². The molecule has 6 nitrogen and oxygen atoms in total. The average molecular weight is 1150 g/mol. The summed E-state index contributed by atoms with van der Waals surface area (Å²) in [6, 6.07) is 0. The summed E-state index contributed by atoms with van der Waals surface area (Å²) in [5.74, 6) is -0.858. The highest BCUT2D eigenvalue weighted by molar-refractivity contribution is 5.71. The molecule has 0 N–H and O–H groups in total. The van der Waals surface area contributed by atoms with E-state index in [0.29, 0.717) is 19.3 Å². The highest BCUT2D eigenvalue weighted by Crippen LogP contribution is 2.19. The Morgan fingerprint density at radius 1 is 0.232 bits per heavy atom. The fourth-order valence-electron chi connectivity index (χ4n) is 11.6. The molecule has 484 valence electrons. The second-order valence-electron chi connectivity index (χ2n) is 25.6. The van der Waals surface area contributed by atoms with Gasteiger partial charge in [-0.25, -0.2) is 0 Å². The van der Waals surface area contributed by atoms with E-state index in [2.05, 4.69) is 45.1 Å². The molecule has 0 spiro atoms. The van der Waals surface area contributed by atoms with Gasteiger partial charge in [0.05, 0.1) is 0 Å². The van der Waals surface area contributed by atoms with E-state index in [4.69, 9.17) is 14.2 Å². The third kappa shape index (κ3) is 68.7. The molecule has 0 bridgehead atoms. The van der Waals surface area contributed by atoms with E-state index >= 15 is 0 Å². The number of hydrogen-bond acceptors (Lipinski definition) is 6. The van der Waals surface area contributed by atoms with Gasteiger partial charge in [-0.15, -0.1) is 0 Å². The Morgan fingerprint density at radius 2 is 0.402 bits per heavy atom. The number of esters is 3. The Kier molecular flexibility index (Phi) is 69.5. The molecule has 0 radical (unpaired) electrons. The molecule has 0 aliphatic heterocycles. The van der Waals surface area contributed by atoms with Gasteiger partial charge < -0.3 is 14.2 Å². The van der Waals surface area contributed by atoms with Crippen molar-refractivity contribution in [1.29, 1.82) is 0 Å². The van der Waals surface area contributed by atoms with Crippen LogP contribution in [0.15, 0.2) is 24.3 Å². The zero-order valence-corrected chi connectivity index (χ0v) is 55.8. The summed E-state index contributed by atoms with van der Waals surface area (Å²) in [7, 11) is 0. The summed E-state index contributed by atoms with van der Waals surface area (Å²) in [5, 5.41) is 0. The van der Waals surface area contributed by atoms with Crippen molar-refractivity contribution in [3.63, 3.8) is 0 Å². The number of unbranched alkanes of at least 4 members (excludes halogenated alkanes) is 55. The first-order valence-corrected chi connectivity index (χ1v) is 37.3. The van der Waals surface area contributed by atoms with Crippen LogP contribution in [-0.4, -0.2) is 37.2 Å². The molecular formula is C76H144O6. The molecule has 0 heterocycles. The van der Waals surface area contributed by atoms with Crippen LogP contribution in [0.3, 0.4) is 0 Å². The molecule has 0 fully saturated rings. The Bertz CT molecular complexity index is 1320. The summed E-state index contributed by atoms with van der Waals surface area (Å²) in [4.78, 5) is 38.4. The smallest absolute Gasteiger partial charge is 0.306 e. The van der Waals surface area contributed by atoms with Gasteiger partial charge in [0.25, 0.3) is 0 Å². The van der Waals surface area contributed by atoms with Gasteiger partial charge in [0.1, 0.15) is 13.2 Å². The van der Waals surface area contributed by atoms with Gasteiger partial charge in [-0.3, -0.25) is 14.4 Å². The van der Waals surface area contributed by atoms with Crippen LogP contribution in [-0.2, 0) is 28.6 Å². The van der Waals surface area contributed by atoms with Crippen LogP contribution in [0.2, 0.25) is 0 Å². The van der Waals surface area contributed by atoms with Gasteiger partial charge in [-0.05, 0) is 70.6 Å². The second kappa shape index (κ2) is 71.4. The van der Waals surface area contributed by atoms with Crippen LogP contribution in [0.25, 0.3) is 0 Å². The summed E-state index contributed by atoms with van der Waals surface area (Å²) in [6.07, 6.45) is 88.1. The maximum Gasteiger partial charge on any atom is 0.306 e. The van der Waals surface area contributed by atoms with Crippen LogP contribution >= 0.6 is 0 Å². The second-order valence-corrected chi connectivity index (χ2v) is 25.6. The average Bonchev–Trinajstić information content (AvgIpc) is 3.47. The highest BCUT2D eigenvalue weighted by Gasteiger charge is 2.20. The molecule has 1 atom stereocenters. The molecule has 0 aromatic rings. The molecule has 0 aliphatic carbocycles. The number of allylic oxidation sites excluding steroid dienone is 4. The van der Waals surface area contributed by atoms with Crippen molar-refractivity contribution in [3.8, 4) is 0 Å². The maximum atomic E-state index is 12.9. The monoisotopic (exact) mass is 1150 g/mol. The van der Waals surface area contributed by atoms with Gasteiger partial charge in [0, 0.05) is 19.3 Å². The number of carbonyl (C=O) groups excluding carboxylic acids is 3. The Labute approximate surface area is 513 Å². The van der Waals surface area contributed by atoms with Crippen molar-refractivity contribution >= 4 is 17.9 Å². The molecule has 1 unspecified atom stereocenters. The lowest BCUT2D eigenvalue weighted by molar-refractivity contribution is -0.167. The molecule has 0 saturated heterocycles. The summed E-state index contributed by atoms with van der Waals surface area (Å²) in [6.45, 7) is 6.70. The molecule has 0 rings (SSSR count). The van der Waals surface area contributed by atoms with Crippen molar-refractivity contribution in [2.24, 2.45) is 0 Å². The first-order valence-electron chi connectivity index (χ1n) is 37.3. The van der Waals surface area contributed by atoms with E-state index in [1.807, 2.05) is 0 Å². The Balaban J connectivity index is 4.14. The standard InChI is InChI=1S/C76H144O6/c1-4-7-10-13-16-19-22-25-28-31-32-33-34-35-36-37-38-39-40-41-42-43-44-45-46-49-51-54-57-60-63-66-69-75(78)81-72-73(82-76(79)70-67-64-61-58-55-52-48-30-27-24-21-18-15-12-9-6-3)71-80-74(77)68-65-62-59-56-53-50-47-29-26-23-20-17-14-11-8-5-2/h29-30,47-48,73H,4-28,31-46,49-72H2,1-3H3/b47-29-,48-30-. The van der Waals surface area contributed by atoms with Crippen LogP contribution in [0, 0.1) is 0 Å². The van der Waals surface area contributed by atoms with E-state index in [0.717, 1.165) is 70.6 Å². The first-order chi connectivity index (χ1) is 40.5. The number of rotatable bonds is 70. The molecule has 0 aromatic carbocycles. The van der Waals surface area contributed by atoms with Crippen molar-refractivity contribution in [1.82, 2.24) is 0 Å². The number of ether oxygens (including phenoxy) is 3. The van der Waals surface area contributed by atoms with Crippen molar-refractivity contribution in [2.45, 2.75) is 431 Å². The lowest BCUT2D eigenvalue weighted by Gasteiger charge is -2.18. The molecule has 0 amide bonds. The fraction of sp³-hybridized carbons (Fsp3) is 0.908. The van der Waals surface area contributed by atoms with Gasteiger partial charge >= 0.3 is 17.9 Å². The third-order valence-corrected chi connectivity index (χ3v) is 17.2. The lowest BCUT2D eigenvalue weighted by atomic mass is 10.0. The molecule has 0 aliphatic rings. The third-order valence-electron chi connectivity index (χ3n) is 17.2. The van der Waals surface area contributed by atoms with Gasteiger partial charge in [0.15, 0.2) is 6.10 Å². The Morgan fingerprint density at radius 3 is 0.610 bits per heavy atom. The topological polar surface area (TPSA) is 78.9 Å². The van der Waals surface area contributed by atoms with Crippen LogP contribution in [0.1, 0.15) is 425 Å². The predicted octanol–water partition coefficient (Wildman–Crippen LogP) is 25.7. The minimum Gasteiger partial charge on any atom is -0.462 e. The zero-order chi connectivity index (χ0) is 59.2. The number of carbonyl (C=O) groups is 3. The van der Waals surface area contributed by atoms with Crippen LogP contribution in [0.5, 0.6) is 0 Å². The van der Waals surface area contributed by atoms with Gasteiger partial charge in [-0.1, -0.05) is 360 Å². The highest BCUT2D eigenvalue weighted by atomic mass is 16.6. The molecule has 82 heavy (non-hydrogen) atoms. The zero-order valence-electron chi connectivity index (χ0n) is 55.8. The largest absolute Gasteiger partial charge is 0.462 e. The lowest BCUT2D eigenvalue weighted by Crippen LogP contribution is -2.30. The van der Waals surface area contributed by atoms with Crippen molar-refractivity contribution in [2.75, 3.05) is 13.2 Å². The van der Waals surface area contributed by atoms with E-state index < -0.39 is 6.10 Å². The van der Waals surface area contributed by atoms with Crippen molar-refractivity contribution < 1.29 is 28.6 Å². The van der Waals surface area contributed by atoms with Crippen molar-refractivity contribution in [3.05, 3.63) is 24.3 Å². The van der Waals surface area contributed by atoms with Crippen LogP contribution in [0.4, 0.5) is 0 Å². The summed E-state index contributed by atoms with van der Waals surface area (Å²) in [5.41, 5.74) is 0. The fourth-order valence-corrected chi connectivity index (χ4v) is 11.6. The minimum atomic E-state index is -0.777. The Hall–Kier alpha value is -2.11. The molecular weight excluding hydrogens is 1010 g/mol.